The van der Waals surface area contributed by atoms with Crippen LogP contribution in [0.15, 0.2) is 12.1 Å². The van der Waals surface area contributed by atoms with Gasteiger partial charge in [0.2, 0.25) is 0 Å². The topological polar surface area (TPSA) is 21.3 Å². The van der Waals surface area contributed by atoms with Gasteiger partial charge in [-0.25, -0.2) is 0 Å². The van der Waals surface area contributed by atoms with Crippen molar-refractivity contribution in [3.8, 4) is 5.75 Å². The highest BCUT2D eigenvalue weighted by Gasteiger charge is 2.09. The van der Waals surface area contributed by atoms with Crippen LogP contribution < -0.4 is 10.1 Å². The summed E-state index contributed by atoms with van der Waals surface area (Å²) >= 11 is 12.4. The first kappa shape index (κ1) is 16.6. The molecule has 0 aliphatic rings. The molecule has 1 rings (SSSR count). The van der Waals surface area contributed by atoms with E-state index in [1.165, 1.54) is 12.8 Å². The maximum atomic E-state index is 6.22. The van der Waals surface area contributed by atoms with Crippen molar-refractivity contribution < 1.29 is 4.74 Å². The zero-order valence-corrected chi connectivity index (χ0v) is 13.3. The molecule has 0 aliphatic heterocycles. The lowest BCUT2D eigenvalue weighted by Crippen LogP contribution is -2.14. The predicted molar refractivity (Wildman–Crippen MR) is 83.5 cm³/mol. The molecule has 0 amide bonds. The molecule has 0 radical (unpaired) electrons. The normalized spacial score (nSPS) is 10.7. The molecule has 0 saturated heterocycles. The number of benzene rings is 1. The molecule has 19 heavy (non-hydrogen) atoms. The molecule has 0 fully saturated rings. The lowest BCUT2D eigenvalue weighted by Gasteiger charge is -2.12. The van der Waals surface area contributed by atoms with Crippen LogP contribution in [0.4, 0.5) is 0 Å². The summed E-state index contributed by atoms with van der Waals surface area (Å²) in [4.78, 5) is 0. The van der Waals surface area contributed by atoms with Gasteiger partial charge in [0, 0.05) is 6.54 Å². The van der Waals surface area contributed by atoms with Crippen LogP contribution in [0.25, 0.3) is 0 Å². The molecule has 1 aromatic rings. The number of hydrogen-bond donors (Lipinski definition) is 1. The molecule has 0 spiro atoms. The summed E-state index contributed by atoms with van der Waals surface area (Å²) in [5, 5.41) is 4.56. The third-order valence-corrected chi connectivity index (χ3v) is 3.40. The Morgan fingerprint density at radius 3 is 2.26 bits per heavy atom. The fourth-order valence-electron chi connectivity index (χ4n) is 1.71. The van der Waals surface area contributed by atoms with E-state index in [4.69, 9.17) is 27.9 Å². The molecule has 0 bridgehead atoms. The Bertz CT molecular complexity index is 359. The lowest BCUT2D eigenvalue weighted by atomic mass is 10.2. The smallest absolute Gasteiger partial charge is 0.156 e. The SMILES string of the molecule is CCCCNCc1cc(Cl)c(OCCCC)c(Cl)c1. The second-order valence-corrected chi connectivity index (χ2v) is 5.44. The Morgan fingerprint density at radius 2 is 1.68 bits per heavy atom. The van der Waals surface area contributed by atoms with Gasteiger partial charge < -0.3 is 10.1 Å². The zero-order valence-electron chi connectivity index (χ0n) is 11.8. The lowest BCUT2D eigenvalue weighted by molar-refractivity contribution is 0.309. The molecule has 1 N–H and O–H groups in total. The maximum Gasteiger partial charge on any atom is 0.156 e. The van der Waals surface area contributed by atoms with E-state index in [1.807, 2.05) is 12.1 Å². The number of rotatable bonds is 9. The first-order valence-corrected chi connectivity index (χ1v) is 7.76. The van der Waals surface area contributed by atoms with Crippen LogP contribution in [-0.2, 0) is 6.54 Å². The van der Waals surface area contributed by atoms with E-state index in [9.17, 15) is 0 Å². The van der Waals surface area contributed by atoms with Gasteiger partial charge in [0.15, 0.2) is 5.75 Å². The third-order valence-electron chi connectivity index (χ3n) is 2.84. The van der Waals surface area contributed by atoms with Crippen molar-refractivity contribution in [2.45, 2.75) is 46.1 Å². The summed E-state index contributed by atoms with van der Waals surface area (Å²) in [7, 11) is 0. The molecular formula is C15H23Cl2NO. The monoisotopic (exact) mass is 303 g/mol. The van der Waals surface area contributed by atoms with Gasteiger partial charge in [0.25, 0.3) is 0 Å². The van der Waals surface area contributed by atoms with Crippen molar-refractivity contribution in [3.63, 3.8) is 0 Å². The van der Waals surface area contributed by atoms with Crippen molar-refractivity contribution in [1.82, 2.24) is 5.32 Å². The van der Waals surface area contributed by atoms with Gasteiger partial charge in [-0.15, -0.1) is 0 Å². The highest BCUT2D eigenvalue weighted by Crippen LogP contribution is 2.34. The summed E-state index contributed by atoms with van der Waals surface area (Å²) in [6.07, 6.45) is 4.47. The first-order valence-electron chi connectivity index (χ1n) is 7.00. The Labute approximate surface area is 126 Å². The average Bonchev–Trinajstić information content (AvgIpc) is 2.38. The molecule has 0 saturated carbocycles. The molecule has 108 valence electrons. The average molecular weight is 304 g/mol. The Morgan fingerprint density at radius 1 is 1.05 bits per heavy atom. The van der Waals surface area contributed by atoms with Crippen molar-refractivity contribution in [2.24, 2.45) is 0 Å². The Hall–Kier alpha value is -0.440. The molecule has 0 unspecified atom stereocenters. The van der Waals surface area contributed by atoms with Crippen LogP contribution in [0.3, 0.4) is 0 Å². The van der Waals surface area contributed by atoms with E-state index in [0.717, 1.165) is 31.5 Å². The highest BCUT2D eigenvalue weighted by atomic mass is 35.5. The van der Waals surface area contributed by atoms with E-state index >= 15 is 0 Å². The minimum atomic E-state index is 0.593. The van der Waals surface area contributed by atoms with Crippen LogP contribution in [-0.4, -0.2) is 13.2 Å². The van der Waals surface area contributed by atoms with Crippen LogP contribution in [0.5, 0.6) is 5.75 Å². The number of ether oxygens (including phenoxy) is 1. The van der Waals surface area contributed by atoms with Crippen LogP contribution in [0.2, 0.25) is 10.0 Å². The second-order valence-electron chi connectivity index (χ2n) is 4.62. The van der Waals surface area contributed by atoms with E-state index in [2.05, 4.69) is 19.2 Å². The van der Waals surface area contributed by atoms with Crippen molar-refractivity contribution >= 4 is 23.2 Å². The number of unbranched alkanes of at least 4 members (excludes halogenated alkanes) is 2. The Balaban J connectivity index is 2.57. The minimum absolute atomic E-state index is 0.593. The predicted octanol–water partition coefficient (Wildman–Crippen LogP) is 5.06. The van der Waals surface area contributed by atoms with Gasteiger partial charge in [0.05, 0.1) is 16.7 Å². The third kappa shape index (κ3) is 6.03. The minimum Gasteiger partial charge on any atom is -0.490 e. The van der Waals surface area contributed by atoms with Gasteiger partial charge in [-0.3, -0.25) is 0 Å². The van der Waals surface area contributed by atoms with E-state index in [-0.39, 0.29) is 0 Å². The van der Waals surface area contributed by atoms with Crippen molar-refractivity contribution in [3.05, 3.63) is 27.7 Å². The van der Waals surface area contributed by atoms with Crippen molar-refractivity contribution in [1.29, 1.82) is 0 Å². The van der Waals surface area contributed by atoms with Crippen LogP contribution >= 0.6 is 23.2 Å². The largest absolute Gasteiger partial charge is 0.490 e. The highest BCUT2D eigenvalue weighted by molar-refractivity contribution is 6.37. The Kier molecular flexibility index (Phi) is 8.27. The zero-order chi connectivity index (χ0) is 14.1. The van der Waals surface area contributed by atoms with Gasteiger partial charge in [-0.1, -0.05) is 49.9 Å². The summed E-state index contributed by atoms with van der Waals surface area (Å²) < 4.78 is 5.62. The quantitative estimate of drug-likeness (QED) is 0.644. The van der Waals surface area contributed by atoms with Crippen LogP contribution in [0, 0.1) is 0 Å². The molecule has 2 nitrogen and oxygen atoms in total. The summed E-state index contributed by atoms with van der Waals surface area (Å²) in [5.74, 6) is 0.606. The van der Waals surface area contributed by atoms with Gasteiger partial charge in [0.1, 0.15) is 0 Å². The number of nitrogens with one attached hydrogen (secondary N) is 1. The van der Waals surface area contributed by atoms with E-state index < -0.39 is 0 Å². The molecule has 1 aromatic carbocycles. The van der Waals surface area contributed by atoms with Crippen LogP contribution in [0.1, 0.15) is 45.1 Å². The fraction of sp³-hybridized carbons (Fsp3) is 0.600. The summed E-state index contributed by atoms with van der Waals surface area (Å²) in [6, 6.07) is 3.85. The summed E-state index contributed by atoms with van der Waals surface area (Å²) in [5.41, 5.74) is 1.09. The van der Waals surface area contributed by atoms with Gasteiger partial charge >= 0.3 is 0 Å². The van der Waals surface area contributed by atoms with Gasteiger partial charge in [-0.2, -0.15) is 0 Å². The summed E-state index contributed by atoms with van der Waals surface area (Å²) in [6.45, 7) is 6.76. The van der Waals surface area contributed by atoms with E-state index in [0.29, 0.717) is 22.4 Å². The molecule has 4 heteroatoms. The molecule has 0 heterocycles. The first-order chi connectivity index (χ1) is 9.19. The van der Waals surface area contributed by atoms with E-state index in [1.54, 1.807) is 0 Å². The molecule has 0 aromatic heterocycles. The molecular weight excluding hydrogens is 281 g/mol. The number of halogens is 2. The molecule has 0 aliphatic carbocycles. The van der Waals surface area contributed by atoms with Gasteiger partial charge in [-0.05, 0) is 37.1 Å². The maximum absolute atomic E-state index is 6.22. The molecule has 0 atom stereocenters. The standard InChI is InChI=1S/C15H23Cl2NO/c1-3-5-7-18-11-12-9-13(16)15(14(17)10-12)19-8-6-4-2/h9-10,18H,3-8,11H2,1-2H3. The fourth-order valence-corrected chi connectivity index (χ4v) is 2.35. The number of hydrogen-bond acceptors (Lipinski definition) is 2. The van der Waals surface area contributed by atoms with Crippen molar-refractivity contribution in [2.75, 3.05) is 13.2 Å². The second kappa shape index (κ2) is 9.46.